The van der Waals surface area contributed by atoms with E-state index in [0.29, 0.717) is 34.6 Å². The molecule has 17 heteroatoms. The maximum Gasteiger partial charge on any atom is 0.335 e. The highest BCUT2D eigenvalue weighted by molar-refractivity contribution is 7.92. The third-order valence-corrected chi connectivity index (χ3v) is 9.17. The number of halogens is 2. The second-order valence-electron chi connectivity index (χ2n) is 11.0. The van der Waals surface area contributed by atoms with E-state index in [2.05, 4.69) is 25.0 Å². The van der Waals surface area contributed by atoms with Gasteiger partial charge in [-0.3, -0.25) is 23.9 Å². The average molecular weight is 702 g/mol. The van der Waals surface area contributed by atoms with Crippen molar-refractivity contribution in [2.75, 3.05) is 4.72 Å². The maximum absolute atomic E-state index is 15.1. The Bertz CT molecular complexity index is 2480. The number of carbonyl (C=O) groups is 2. The smallest absolute Gasteiger partial charge is 0.335 e. The van der Waals surface area contributed by atoms with Crippen molar-refractivity contribution in [1.82, 2.24) is 29.4 Å². The third-order valence-electron chi connectivity index (χ3n) is 7.77. The van der Waals surface area contributed by atoms with Gasteiger partial charge >= 0.3 is 11.7 Å². The zero-order valence-electron chi connectivity index (χ0n) is 25.8. The molecule has 0 saturated carbocycles. The molecule has 3 heterocycles. The number of nitrogens with zero attached hydrogens (tertiary/aromatic N) is 4. The van der Waals surface area contributed by atoms with Crippen LogP contribution >= 0.6 is 0 Å². The molecule has 254 valence electrons. The molecule has 3 aromatic heterocycles. The highest BCUT2D eigenvalue weighted by atomic mass is 32.2. The number of imidazole rings is 1. The molecule has 0 unspecified atom stereocenters. The van der Waals surface area contributed by atoms with Crippen LogP contribution in [0.4, 0.5) is 14.5 Å². The Hall–Kier alpha value is -6.49. The maximum atomic E-state index is 15.1. The first kappa shape index (κ1) is 33.4. The summed E-state index contributed by atoms with van der Waals surface area (Å²) in [4.78, 5) is 61.6. The number of aromatic nitrogens is 5. The molecular weight excluding hydrogens is 676 g/mol. The van der Waals surface area contributed by atoms with Gasteiger partial charge < -0.3 is 15.4 Å². The van der Waals surface area contributed by atoms with Crippen molar-refractivity contribution in [2.45, 2.75) is 17.4 Å². The fourth-order valence-electron chi connectivity index (χ4n) is 5.25. The summed E-state index contributed by atoms with van der Waals surface area (Å²) in [5, 5.41) is 12.1. The molecule has 1 atom stereocenters. The summed E-state index contributed by atoms with van der Waals surface area (Å²) >= 11 is 0. The number of carbonyl (C=O) groups excluding carboxylic acids is 1. The lowest BCUT2D eigenvalue weighted by Crippen LogP contribution is -2.43. The number of aryl methyl sites for hydroxylation is 1. The summed E-state index contributed by atoms with van der Waals surface area (Å²) < 4.78 is 60.2. The van der Waals surface area contributed by atoms with E-state index in [9.17, 15) is 32.7 Å². The van der Waals surface area contributed by atoms with Crippen molar-refractivity contribution in [2.24, 2.45) is 7.05 Å². The quantitative estimate of drug-likeness (QED) is 0.166. The van der Waals surface area contributed by atoms with E-state index in [1.807, 2.05) is 0 Å². The lowest BCUT2D eigenvalue weighted by Gasteiger charge is -2.16. The van der Waals surface area contributed by atoms with Crippen LogP contribution in [0.5, 0.6) is 0 Å². The van der Waals surface area contributed by atoms with E-state index in [0.717, 1.165) is 4.57 Å². The number of rotatable bonds is 10. The summed E-state index contributed by atoms with van der Waals surface area (Å²) in [6, 6.07) is 12.2. The number of nitrogens with one attached hydrogen (secondary N) is 3. The van der Waals surface area contributed by atoms with Gasteiger partial charge in [-0.2, -0.15) is 0 Å². The Kier molecular flexibility index (Phi) is 8.82. The minimum atomic E-state index is -4.30. The van der Waals surface area contributed by atoms with Crippen LogP contribution in [0.3, 0.4) is 0 Å². The molecule has 0 aliphatic rings. The van der Waals surface area contributed by atoms with Gasteiger partial charge in [0.15, 0.2) is 0 Å². The fraction of sp³-hybridized carbons (Fsp3) is 0.0909. The first-order chi connectivity index (χ1) is 23.8. The number of H-pyrrole nitrogens is 1. The van der Waals surface area contributed by atoms with E-state index < -0.39 is 62.1 Å². The molecule has 6 rings (SSSR count). The summed E-state index contributed by atoms with van der Waals surface area (Å²) in [6.45, 7) is 0. The van der Waals surface area contributed by atoms with Gasteiger partial charge in [0.25, 0.3) is 21.5 Å². The Morgan fingerprint density at radius 1 is 0.980 bits per heavy atom. The largest absolute Gasteiger partial charge is 0.480 e. The number of sulfonamides is 1. The van der Waals surface area contributed by atoms with Gasteiger partial charge in [0, 0.05) is 37.6 Å². The molecule has 6 aromatic rings. The Labute approximate surface area is 280 Å². The number of hydrogen-bond acceptors (Lipinski definition) is 8. The number of amides is 1. The van der Waals surface area contributed by atoms with Gasteiger partial charge in [0.1, 0.15) is 29.1 Å². The Morgan fingerprint density at radius 2 is 1.66 bits per heavy atom. The number of fused-ring (bicyclic) bond motifs is 1. The third kappa shape index (κ3) is 6.48. The number of pyridine rings is 1. The Morgan fingerprint density at radius 3 is 2.28 bits per heavy atom. The van der Waals surface area contributed by atoms with Gasteiger partial charge in [-0.05, 0) is 60.2 Å². The van der Waals surface area contributed by atoms with Crippen molar-refractivity contribution in [1.29, 1.82) is 0 Å². The van der Waals surface area contributed by atoms with Gasteiger partial charge in [-0.25, -0.2) is 36.3 Å². The predicted octanol–water partition coefficient (Wildman–Crippen LogP) is 2.98. The standard InChI is InChI=1S/C33H25F2N7O7S/c1-41-27-17-36-11-10-23(27)31(44)42(33(41)47)21-6-2-18(3-7-21)14-26(32(45)46)39-30(43)28-24(34)15-20(16-25(28)35)40-50(48,49)22-8-4-19(5-9-22)29-37-12-13-38-29/h2-13,15-17,26,40H,14H2,1H3,(H,37,38)(H,39,43)(H,45,46)/t26-/m0/s1. The first-order valence-electron chi connectivity index (χ1n) is 14.6. The summed E-state index contributed by atoms with van der Waals surface area (Å²) in [6.07, 6.45) is 5.59. The molecule has 0 radical (unpaired) electrons. The number of aliphatic carboxylic acids is 1. The van der Waals surface area contributed by atoms with Crippen LogP contribution in [0.15, 0.2) is 106 Å². The molecule has 4 N–H and O–H groups in total. The predicted molar refractivity (Wildman–Crippen MR) is 176 cm³/mol. The van der Waals surface area contributed by atoms with E-state index in [-0.39, 0.29) is 22.4 Å². The molecule has 0 bridgehead atoms. The van der Waals surface area contributed by atoms with Crippen LogP contribution in [0.1, 0.15) is 15.9 Å². The Balaban J connectivity index is 1.17. The van der Waals surface area contributed by atoms with Crippen LogP contribution in [0, 0.1) is 11.6 Å². The number of carboxylic acid groups (broad SMARTS) is 1. The normalized spacial score (nSPS) is 12.1. The van der Waals surface area contributed by atoms with Crippen molar-refractivity contribution in [3.8, 4) is 17.1 Å². The zero-order valence-corrected chi connectivity index (χ0v) is 26.6. The minimum absolute atomic E-state index is 0.194. The van der Waals surface area contributed by atoms with Crippen molar-refractivity contribution in [3.63, 3.8) is 0 Å². The molecule has 0 fully saturated rings. The molecule has 14 nitrogen and oxygen atoms in total. The van der Waals surface area contributed by atoms with E-state index in [4.69, 9.17) is 0 Å². The second-order valence-corrected chi connectivity index (χ2v) is 12.7. The molecule has 0 spiro atoms. The van der Waals surface area contributed by atoms with Crippen molar-refractivity contribution >= 4 is 38.5 Å². The van der Waals surface area contributed by atoms with Crippen LogP contribution < -0.4 is 21.3 Å². The average Bonchev–Trinajstić information content (AvgIpc) is 3.63. The highest BCUT2D eigenvalue weighted by Crippen LogP contribution is 2.24. The topological polar surface area (TPSA) is 198 Å². The monoisotopic (exact) mass is 701 g/mol. The lowest BCUT2D eigenvalue weighted by molar-refractivity contribution is -0.139. The van der Waals surface area contributed by atoms with Crippen molar-refractivity contribution in [3.05, 3.63) is 135 Å². The van der Waals surface area contributed by atoms with Crippen LogP contribution in [-0.2, 0) is 28.3 Å². The first-order valence-corrected chi connectivity index (χ1v) is 16.1. The summed E-state index contributed by atoms with van der Waals surface area (Å²) in [5.74, 6) is -5.30. The van der Waals surface area contributed by atoms with Gasteiger partial charge in [0.05, 0.1) is 33.4 Å². The number of benzene rings is 3. The van der Waals surface area contributed by atoms with Crippen LogP contribution in [-0.4, -0.2) is 55.5 Å². The molecule has 0 saturated heterocycles. The fourth-order valence-corrected chi connectivity index (χ4v) is 6.29. The molecule has 50 heavy (non-hydrogen) atoms. The van der Waals surface area contributed by atoms with E-state index >= 15 is 8.78 Å². The van der Waals surface area contributed by atoms with Gasteiger partial charge in [-0.1, -0.05) is 12.1 Å². The molecule has 0 aliphatic carbocycles. The summed E-state index contributed by atoms with van der Waals surface area (Å²) in [5.41, 5.74) is -1.39. The van der Waals surface area contributed by atoms with Gasteiger partial charge in [-0.15, -0.1) is 0 Å². The number of hydrogen-bond donors (Lipinski definition) is 4. The highest BCUT2D eigenvalue weighted by Gasteiger charge is 2.27. The molecular formula is C33H25F2N7O7S. The van der Waals surface area contributed by atoms with E-state index in [1.165, 1.54) is 84.8 Å². The molecule has 0 aliphatic heterocycles. The SMILES string of the molecule is Cn1c(=O)n(-c2ccc(C[C@H](NC(=O)c3c(F)cc(NS(=O)(=O)c4ccc(-c5ncc[nH]5)cc4)cc3F)C(=O)O)cc2)c(=O)c2ccncc21. The molecule has 3 aromatic carbocycles. The van der Waals surface area contributed by atoms with Crippen LogP contribution in [0.25, 0.3) is 28.0 Å². The molecule has 1 amide bonds. The lowest BCUT2D eigenvalue weighted by atomic mass is 10.0. The second kappa shape index (κ2) is 13.2. The summed E-state index contributed by atoms with van der Waals surface area (Å²) in [7, 11) is -2.82. The van der Waals surface area contributed by atoms with E-state index in [1.54, 1.807) is 6.20 Å². The zero-order chi connectivity index (χ0) is 35.7. The van der Waals surface area contributed by atoms with Crippen LogP contribution in [0.2, 0.25) is 0 Å². The minimum Gasteiger partial charge on any atom is -0.480 e. The van der Waals surface area contributed by atoms with Gasteiger partial charge in [0.2, 0.25) is 0 Å². The number of aromatic amines is 1. The van der Waals surface area contributed by atoms with Crippen molar-refractivity contribution < 1.29 is 31.9 Å². The number of anilines is 1. The number of carboxylic acids is 1.